The van der Waals surface area contributed by atoms with E-state index in [2.05, 4.69) is 15.3 Å². The van der Waals surface area contributed by atoms with Gasteiger partial charge in [0.05, 0.1) is 20.4 Å². The number of aromatic nitrogens is 2. The number of anilines is 1. The van der Waals surface area contributed by atoms with Gasteiger partial charge in [-0.25, -0.2) is 4.98 Å². The standard InChI is InChI=1S/C27H30N4O4/c1-34-23-14-13-21(17-24(23)35-2)31(27(33)22-18-28-15-16-29-22)25(19-9-5-3-6-10-19)26(32)30-20-11-7-4-8-12-20/h3,5-6,9-10,13-18,20,25H,4,7-8,11-12H2,1-2H3,(H,30,32)/t25-/m1/s1. The summed E-state index contributed by atoms with van der Waals surface area (Å²) in [6.45, 7) is 0. The van der Waals surface area contributed by atoms with Gasteiger partial charge in [0.15, 0.2) is 11.5 Å². The molecule has 2 amide bonds. The van der Waals surface area contributed by atoms with Crippen LogP contribution in [0.15, 0.2) is 67.1 Å². The highest BCUT2D eigenvalue weighted by Crippen LogP contribution is 2.36. The minimum absolute atomic E-state index is 0.0846. The first-order valence-electron chi connectivity index (χ1n) is 11.8. The van der Waals surface area contributed by atoms with Crippen molar-refractivity contribution in [2.24, 2.45) is 0 Å². The lowest BCUT2D eigenvalue weighted by atomic mass is 9.94. The van der Waals surface area contributed by atoms with E-state index in [1.165, 1.54) is 37.0 Å². The van der Waals surface area contributed by atoms with Crippen molar-refractivity contribution < 1.29 is 19.1 Å². The average Bonchev–Trinajstić information content (AvgIpc) is 2.92. The Morgan fingerprint density at radius 2 is 1.71 bits per heavy atom. The molecule has 1 aliphatic rings. The van der Waals surface area contributed by atoms with Crippen molar-refractivity contribution in [2.45, 2.75) is 44.2 Å². The molecule has 0 bridgehead atoms. The lowest BCUT2D eigenvalue weighted by Gasteiger charge is -2.33. The normalized spacial score (nSPS) is 14.6. The molecule has 4 rings (SSSR count). The summed E-state index contributed by atoms with van der Waals surface area (Å²) in [6.07, 6.45) is 9.57. The van der Waals surface area contributed by atoms with Gasteiger partial charge in [-0.15, -0.1) is 0 Å². The number of hydrogen-bond donors (Lipinski definition) is 1. The van der Waals surface area contributed by atoms with Crippen molar-refractivity contribution in [1.29, 1.82) is 0 Å². The quantitative estimate of drug-likeness (QED) is 0.522. The Morgan fingerprint density at radius 3 is 2.37 bits per heavy atom. The summed E-state index contributed by atoms with van der Waals surface area (Å²) < 4.78 is 10.9. The SMILES string of the molecule is COc1ccc(N(C(=O)c2cnccn2)[C@@H](C(=O)NC2CCCCC2)c2ccccc2)cc1OC. The number of benzene rings is 2. The molecule has 1 fully saturated rings. The number of ether oxygens (including phenoxy) is 2. The highest BCUT2D eigenvalue weighted by Gasteiger charge is 2.35. The molecule has 0 saturated heterocycles. The van der Waals surface area contributed by atoms with Gasteiger partial charge in [0.2, 0.25) is 5.91 Å². The van der Waals surface area contributed by atoms with E-state index in [-0.39, 0.29) is 17.6 Å². The van der Waals surface area contributed by atoms with E-state index < -0.39 is 11.9 Å². The summed E-state index contributed by atoms with van der Waals surface area (Å²) in [7, 11) is 3.07. The van der Waals surface area contributed by atoms with E-state index in [1.807, 2.05) is 30.3 Å². The Bertz CT molecular complexity index is 1130. The summed E-state index contributed by atoms with van der Waals surface area (Å²) in [4.78, 5) is 37.5. The van der Waals surface area contributed by atoms with E-state index >= 15 is 0 Å². The van der Waals surface area contributed by atoms with Crippen LogP contribution in [0.2, 0.25) is 0 Å². The van der Waals surface area contributed by atoms with Crippen LogP contribution >= 0.6 is 0 Å². The van der Waals surface area contributed by atoms with Crippen LogP contribution in [0.5, 0.6) is 11.5 Å². The molecule has 1 N–H and O–H groups in total. The molecule has 1 aliphatic carbocycles. The maximum Gasteiger partial charge on any atom is 0.279 e. The second-order valence-electron chi connectivity index (χ2n) is 8.46. The van der Waals surface area contributed by atoms with Gasteiger partial charge in [-0.1, -0.05) is 49.6 Å². The van der Waals surface area contributed by atoms with Gasteiger partial charge in [0.25, 0.3) is 5.91 Å². The second-order valence-corrected chi connectivity index (χ2v) is 8.46. The predicted octanol–water partition coefficient (Wildman–Crippen LogP) is 4.33. The van der Waals surface area contributed by atoms with Crippen molar-refractivity contribution in [2.75, 3.05) is 19.1 Å². The highest BCUT2D eigenvalue weighted by molar-refractivity contribution is 6.09. The maximum atomic E-state index is 13.9. The summed E-state index contributed by atoms with van der Waals surface area (Å²) in [5.74, 6) is 0.278. The molecular weight excluding hydrogens is 444 g/mol. The molecule has 0 unspecified atom stereocenters. The van der Waals surface area contributed by atoms with Crippen molar-refractivity contribution in [3.8, 4) is 11.5 Å². The summed E-state index contributed by atoms with van der Waals surface area (Å²) in [6, 6.07) is 13.6. The van der Waals surface area contributed by atoms with E-state index in [0.29, 0.717) is 22.7 Å². The summed E-state index contributed by atoms with van der Waals surface area (Å²) in [5, 5.41) is 3.20. The monoisotopic (exact) mass is 474 g/mol. The lowest BCUT2D eigenvalue weighted by molar-refractivity contribution is -0.123. The van der Waals surface area contributed by atoms with Crippen molar-refractivity contribution in [3.05, 3.63) is 78.4 Å². The fourth-order valence-electron chi connectivity index (χ4n) is 4.47. The van der Waals surface area contributed by atoms with Crippen LogP contribution in [0.3, 0.4) is 0 Å². The van der Waals surface area contributed by atoms with Crippen molar-refractivity contribution in [3.63, 3.8) is 0 Å². The molecule has 1 saturated carbocycles. The number of amides is 2. The van der Waals surface area contributed by atoms with Crippen molar-refractivity contribution in [1.82, 2.24) is 15.3 Å². The van der Waals surface area contributed by atoms with Crippen LogP contribution in [-0.2, 0) is 4.79 Å². The van der Waals surface area contributed by atoms with Crippen LogP contribution in [-0.4, -0.2) is 42.0 Å². The largest absolute Gasteiger partial charge is 0.493 e. The number of nitrogens with one attached hydrogen (secondary N) is 1. The molecule has 2 aromatic carbocycles. The van der Waals surface area contributed by atoms with E-state index in [4.69, 9.17) is 9.47 Å². The maximum absolute atomic E-state index is 13.9. The molecule has 182 valence electrons. The average molecular weight is 475 g/mol. The van der Waals surface area contributed by atoms with E-state index in [9.17, 15) is 9.59 Å². The third-order valence-electron chi connectivity index (χ3n) is 6.22. The molecule has 8 heteroatoms. The van der Waals surface area contributed by atoms with Gasteiger partial charge in [0.1, 0.15) is 11.7 Å². The first-order valence-corrected chi connectivity index (χ1v) is 11.8. The third-order valence-corrected chi connectivity index (χ3v) is 6.22. The number of nitrogens with zero attached hydrogens (tertiary/aromatic N) is 3. The summed E-state index contributed by atoms with van der Waals surface area (Å²) in [5.41, 5.74) is 1.30. The lowest BCUT2D eigenvalue weighted by Crippen LogP contribution is -2.47. The Balaban J connectivity index is 1.82. The van der Waals surface area contributed by atoms with Gasteiger partial charge in [-0.3, -0.25) is 19.5 Å². The number of methoxy groups -OCH3 is 2. The third kappa shape index (κ3) is 5.59. The van der Waals surface area contributed by atoms with Crippen LogP contribution in [0.4, 0.5) is 5.69 Å². The minimum atomic E-state index is -0.925. The Morgan fingerprint density at radius 1 is 0.971 bits per heavy atom. The zero-order valence-corrected chi connectivity index (χ0v) is 20.0. The van der Waals surface area contributed by atoms with E-state index in [1.54, 1.807) is 25.3 Å². The molecule has 3 aromatic rings. The van der Waals surface area contributed by atoms with Gasteiger partial charge in [-0.2, -0.15) is 0 Å². The molecule has 1 aromatic heterocycles. The topological polar surface area (TPSA) is 93.7 Å². The molecule has 8 nitrogen and oxygen atoms in total. The fraction of sp³-hybridized carbons (Fsp3) is 0.333. The first kappa shape index (κ1) is 24.2. The predicted molar refractivity (Wildman–Crippen MR) is 133 cm³/mol. The van der Waals surface area contributed by atoms with Crippen LogP contribution in [0.25, 0.3) is 0 Å². The van der Waals surface area contributed by atoms with Crippen molar-refractivity contribution >= 4 is 17.5 Å². The Kier molecular flexibility index (Phi) is 7.92. The van der Waals surface area contributed by atoms with Crippen LogP contribution in [0.1, 0.15) is 54.2 Å². The number of carbonyl (C=O) groups is 2. The molecular formula is C27H30N4O4. The zero-order chi connectivity index (χ0) is 24.6. The molecule has 0 spiro atoms. The van der Waals surface area contributed by atoms with Gasteiger partial charge >= 0.3 is 0 Å². The Labute approximate surface area is 205 Å². The molecule has 0 aliphatic heterocycles. The number of hydrogen-bond acceptors (Lipinski definition) is 6. The van der Waals surface area contributed by atoms with Gasteiger partial charge in [-0.05, 0) is 30.5 Å². The first-order chi connectivity index (χ1) is 17.1. The summed E-state index contributed by atoms with van der Waals surface area (Å²) >= 11 is 0. The minimum Gasteiger partial charge on any atom is -0.493 e. The molecule has 0 radical (unpaired) electrons. The van der Waals surface area contributed by atoms with Gasteiger partial charge in [0, 0.05) is 30.2 Å². The van der Waals surface area contributed by atoms with Crippen LogP contribution < -0.4 is 19.7 Å². The smallest absolute Gasteiger partial charge is 0.279 e. The molecule has 1 atom stereocenters. The van der Waals surface area contributed by atoms with Gasteiger partial charge < -0.3 is 14.8 Å². The van der Waals surface area contributed by atoms with Crippen LogP contribution in [0, 0.1) is 0 Å². The molecule has 1 heterocycles. The molecule has 35 heavy (non-hydrogen) atoms. The number of rotatable bonds is 8. The highest BCUT2D eigenvalue weighted by atomic mass is 16.5. The number of carbonyl (C=O) groups excluding carboxylic acids is 2. The fourth-order valence-corrected chi connectivity index (χ4v) is 4.47. The Hall–Kier alpha value is -3.94. The zero-order valence-electron chi connectivity index (χ0n) is 20.0. The van der Waals surface area contributed by atoms with E-state index in [0.717, 1.165) is 25.7 Å². The second kappa shape index (κ2) is 11.5.